The van der Waals surface area contributed by atoms with Gasteiger partial charge in [0, 0.05) is 5.56 Å². The number of rotatable bonds is 11. The normalized spacial score (nSPS) is 15.2. The first kappa shape index (κ1) is 29.9. The number of hydrazone groups is 1. The van der Waals surface area contributed by atoms with Crippen molar-refractivity contribution in [2.75, 3.05) is 27.4 Å². The first-order valence-corrected chi connectivity index (χ1v) is 14.5. The fourth-order valence-electron chi connectivity index (χ4n) is 4.46. The molecule has 3 aromatic rings. The van der Waals surface area contributed by atoms with Crippen molar-refractivity contribution in [3.8, 4) is 23.0 Å². The number of aryl methyl sites for hydroxylation is 1. The van der Waals surface area contributed by atoms with Crippen LogP contribution < -0.4 is 18.9 Å². The van der Waals surface area contributed by atoms with Crippen LogP contribution in [-0.2, 0) is 11.2 Å². The molecule has 0 fully saturated rings. The molecule has 0 saturated carbocycles. The van der Waals surface area contributed by atoms with E-state index in [9.17, 15) is 4.79 Å². The lowest BCUT2D eigenvalue weighted by molar-refractivity contribution is -0.114. The highest BCUT2D eigenvalue weighted by Gasteiger charge is 2.36. The van der Waals surface area contributed by atoms with Crippen LogP contribution in [0.3, 0.4) is 0 Å². The van der Waals surface area contributed by atoms with Crippen LogP contribution in [0.2, 0.25) is 5.02 Å². The molecule has 9 nitrogen and oxygen atoms in total. The number of aliphatic imine (C=N–C) groups is 1. The number of methoxy groups -OCH3 is 2. The van der Waals surface area contributed by atoms with E-state index >= 15 is 0 Å². The van der Waals surface area contributed by atoms with Crippen molar-refractivity contribution < 1.29 is 23.7 Å². The number of nitrogens with one attached hydrogen (secondary N) is 1. The van der Waals surface area contributed by atoms with Crippen LogP contribution in [0.15, 0.2) is 82.9 Å². The van der Waals surface area contributed by atoms with Crippen molar-refractivity contribution in [1.29, 1.82) is 5.41 Å². The van der Waals surface area contributed by atoms with E-state index in [-0.39, 0.29) is 29.6 Å². The van der Waals surface area contributed by atoms with Crippen molar-refractivity contribution in [3.63, 3.8) is 0 Å². The number of fused-ring (bicyclic) bond motifs is 1. The molecule has 5 rings (SSSR count). The topological polar surface area (TPSA) is 106 Å². The van der Waals surface area contributed by atoms with Crippen LogP contribution in [0.1, 0.15) is 22.3 Å². The van der Waals surface area contributed by atoms with E-state index in [1.54, 1.807) is 25.3 Å². The number of amides is 1. The van der Waals surface area contributed by atoms with Crippen molar-refractivity contribution in [2.45, 2.75) is 13.3 Å². The summed E-state index contributed by atoms with van der Waals surface area (Å²) in [5.74, 6) is 1.29. The monoisotopic (exact) mass is 616 g/mol. The van der Waals surface area contributed by atoms with Crippen LogP contribution in [0, 0.1) is 12.3 Å². The zero-order chi connectivity index (χ0) is 30.5. The number of allylic oxidation sites excluding steroid dienone is 1. The Hall–Kier alpha value is -4.54. The van der Waals surface area contributed by atoms with Gasteiger partial charge in [0.2, 0.25) is 5.17 Å². The molecule has 0 radical (unpaired) electrons. The van der Waals surface area contributed by atoms with Gasteiger partial charge in [-0.15, -0.1) is 6.58 Å². The number of carbonyl (C=O) groups is 1. The van der Waals surface area contributed by atoms with Crippen molar-refractivity contribution >= 4 is 51.4 Å². The molecule has 1 N–H and O–H groups in total. The molecule has 2 aliphatic rings. The molecule has 0 unspecified atom stereocenters. The number of carbonyl (C=O) groups excluding carboxylic acids is 1. The minimum absolute atomic E-state index is 0.0763. The Kier molecular flexibility index (Phi) is 9.18. The molecule has 3 aromatic carbocycles. The zero-order valence-electron chi connectivity index (χ0n) is 23.8. The van der Waals surface area contributed by atoms with Gasteiger partial charge < -0.3 is 18.9 Å². The summed E-state index contributed by atoms with van der Waals surface area (Å²) in [6, 6.07) is 16.8. The molecule has 0 aromatic heterocycles. The Labute approximate surface area is 259 Å². The second-order valence-corrected chi connectivity index (χ2v) is 10.8. The third-order valence-corrected chi connectivity index (χ3v) is 7.81. The Balaban J connectivity index is 1.29. The lowest BCUT2D eigenvalue weighted by Crippen LogP contribution is -2.35. The number of amidine groups is 2. The summed E-state index contributed by atoms with van der Waals surface area (Å²) in [4.78, 5) is 17.1. The van der Waals surface area contributed by atoms with E-state index in [2.05, 4.69) is 16.7 Å². The van der Waals surface area contributed by atoms with Gasteiger partial charge in [0.15, 0.2) is 28.8 Å². The molecule has 0 atom stereocenters. The first-order chi connectivity index (χ1) is 20.8. The van der Waals surface area contributed by atoms with Gasteiger partial charge in [0.1, 0.15) is 18.3 Å². The number of halogens is 1. The highest BCUT2D eigenvalue weighted by Crippen LogP contribution is 2.38. The minimum Gasteiger partial charge on any atom is -0.493 e. The Morgan fingerprint density at radius 3 is 2.53 bits per heavy atom. The Bertz CT molecular complexity index is 1700. The molecule has 220 valence electrons. The van der Waals surface area contributed by atoms with Gasteiger partial charge >= 0.3 is 0 Å². The Morgan fingerprint density at radius 1 is 1.02 bits per heavy atom. The number of hydrogen-bond donors (Lipinski definition) is 1. The van der Waals surface area contributed by atoms with Crippen LogP contribution in [-0.4, -0.2) is 54.4 Å². The second-order valence-electron chi connectivity index (χ2n) is 9.45. The maximum Gasteiger partial charge on any atom is 0.283 e. The van der Waals surface area contributed by atoms with E-state index in [4.69, 9.17) is 36.0 Å². The quantitative estimate of drug-likeness (QED) is 0.148. The summed E-state index contributed by atoms with van der Waals surface area (Å²) < 4.78 is 22.7. The zero-order valence-corrected chi connectivity index (χ0v) is 25.4. The number of ether oxygens (including phenoxy) is 4. The van der Waals surface area contributed by atoms with Gasteiger partial charge in [-0.25, -0.2) is 0 Å². The van der Waals surface area contributed by atoms with Crippen molar-refractivity contribution in [2.24, 2.45) is 10.1 Å². The molecule has 0 saturated heterocycles. The summed E-state index contributed by atoms with van der Waals surface area (Å²) in [6.07, 6.45) is 4.10. The standard InChI is InChI=1S/C32H29ClN4O5S/c1-5-8-20-11-12-25(26(17-20)39-3)41-13-14-42-28-24(33)16-21(18-27(28)40-4)15-23-29(34)37-32(35-30(23)38)43-31(36-37)22-10-7-6-9-19(22)2/h5-7,9-12,15-18,34H,1,8,13-14H2,2-4H3. The van der Waals surface area contributed by atoms with Gasteiger partial charge in [-0.2, -0.15) is 15.1 Å². The van der Waals surface area contributed by atoms with E-state index in [1.807, 2.05) is 55.5 Å². The molecule has 43 heavy (non-hydrogen) atoms. The molecule has 0 bridgehead atoms. The van der Waals surface area contributed by atoms with Gasteiger partial charge in [0.05, 0.1) is 24.8 Å². The van der Waals surface area contributed by atoms with E-state index < -0.39 is 5.91 Å². The smallest absolute Gasteiger partial charge is 0.283 e. The number of thioether (sulfide) groups is 1. The minimum atomic E-state index is -0.537. The second kappa shape index (κ2) is 13.2. The summed E-state index contributed by atoms with van der Waals surface area (Å²) >= 11 is 7.84. The molecule has 2 heterocycles. The average molecular weight is 617 g/mol. The van der Waals surface area contributed by atoms with Gasteiger partial charge in [-0.05, 0) is 72.1 Å². The van der Waals surface area contributed by atoms with Crippen molar-refractivity contribution in [1.82, 2.24) is 5.01 Å². The highest BCUT2D eigenvalue weighted by molar-refractivity contribution is 8.27. The number of hydrogen-bond acceptors (Lipinski definition) is 8. The molecule has 11 heteroatoms. The molecule has 2 aliphatic heterocycles. The lowest BCUT2D eigenvalue weighted by atomic mass is 10.1. The van der Waals surface area contributed by atoms with Gasteiger partial charge in [-0.3, -0.25) is 10.2 Å². The summed E-state index contributed by atoms with van der Waals surface area (Å²) in [7, 11) is 3.08. The molecule has 0 aliphatic carbocycles. The van der Waals surface area contributed by atoms with Crippen LogP contribution >= 0.6 is 23.4 Å². The summed E-state index contributed by atoms with van der Waals surface area (Å²) in [5, 5.41) is 16.0. The van der Waals surface area contributed by atoms with Gasteiger partial charge in [0.25, 0.3) is 5.91 Å². The van der Waals surface area contributed by atoms with Gasteiger partial charge in [-0.1, -0.05) is 48.0 Å². The molecular formula is C32H29ClN4O5S. The molecule has 1 amide bonds. The maximum atomic E-state index is 13.0. The SMILES string of the molecule is C=CCc1ccc(OCCOc2c(Cl)cc(C=C3C(=N)N4N=C(c5ccccc5C)SC4=NC3=O)cc2OC)c(OC)c1. The van der Waals surface area contributed by atoms with Crippen LogP contribution in [0.25, 0.3) is 6.08 Å². The molecular weight excluding hydrogens is 588 g/mol. The van der Waals surface area contributed by atoms with Crippen LogP contribution in [0.5, 0.6) is 23.0 Å². The average Bonchev–Trinajstić information content (AvgIpc) is 3.42. The fraction of sp³-hybridized carbons (Fsp3) is 0.188. The van der Waals surface area contributed by atoms with Crippen LogP contribution in [0.4, 0.5) is 0 Å². The molecule has 0 spiro atoms. The largest absolute Gasteiger partial charge is 0.493 e. The predicted molar refractivity (Wildman–Crippen MR) is 171 cm³/mol. The predicted octanol–water partition coefficient (Wildman–Crippen LogP) is 6.52. The van der Waals surface area contributed by atoms with E-state index in [0.29, 0.717) is 38.8 Å². The number of nitrogens with zero attached hydrogens (tertiary/aromatic N) is 3. The fourth-order valence-corrected chi connectivity index (χ4v) is 5.72. The third-order valence-electron chi connectivity index (χ3n) is 6.59. The summed E-state index contributed by atoms with van der Waals surface area (Å²) in [6.45, 7) is 6.16. The van der Waals surface area contributed by atoms with E-state index in [0.717, 1.165) is 23.1 Å². The van der Waals surface area contributed by atoms with Crippen molar-refractivity contribution in [3.05, 3.63) is 100 Å². The van der Waals surface area contributed by atoms with E-state index in [1.165, 1.54) is 23.9 Å². The maximum absolute atomic E-state index is 13.0. The lowest BCUT2D eigenvalue weighted by Gasteiger charge is -2.20. The number of benzene rings is 3. The highest BCUT2D eigenvalue weighted by atomic mass is 35.5. The Morgan fingerprint density at radius 2 is 1.79 bits per heavy atom. The summed E-state index contributed by atoms with van der Waals surface area (Å²) in [5.41, 5.74) is 3.65. The first-order valence-electron chi connectivity index (χ1n) is 13.3. The third kappa shape index (κ3) is 6.45.